The number of hydrogen-bond acceptors (Lipinski definition) is 2. The molecule has 0 radical (unpaired) electrons. The molecule has 0 rings (SSSR count). The molecule has 0 saturated carbocycles. The van der Waals surface area contributed by atoms with Gasteiger partial charge in [-0.3, -0.25) is 0 Å². The first kappa shape index (κ1) is 16.8. The molecule has 0 atom stereocenters. The second kappa shape index (κ2) is 12.2. The number of carbonyl (C=O) groups excluding carboxylic acids is 1. The summed E-state index contributed by atoms with van der Waals surface area (Å²) in [4.78, 5) is 10.3. The molecule has 0 aromatic carbocycles. The van der Waals surface area contributed by atoms with Crippen molar-refractivity contribution in [2.24, 2.45) is 11.5 Å². The topological polar surface area (TPSA) is 93.8 Å². The van der Waals surface area contributed by atoms with Gasteiger partial charge < -0.3 is 33.9 Å². The van der Waals surface area contributed by atoms with Crippen LogP contribution in [-0.4, -0.2) is 38.4 Å². The van der Waals surface area contributed by atoms with Crippen molar-refractivity contribution in [2.75, 3.05) is 27.2 Å². The first-order valence-corrected chi connectivity index (χ1v) is 2.95. The molecule has 0 fully saturated rings. The highest BCUT2D eigenvalue weighted by molar-refractivity contribution is 5.69. The average molecular weight is 186 g/mol. The Hall–Kier alpha value is -0.520. The van der Waals surface area contributed by atoms with Gasteiger partial charge >= 0.3 is 6.03 Å². The van der Waals surface area contributed by atoms with Crippen LogP contribution in [0.3, 0.4) is 0 Å². The minimum Gasteiger partial charge on any atom is -1.00 e. The van der Waals surface area contributed by atoms with Crippen LogP contribution in [0.5, 0.6) is 0 Å². The smallest absolute Gasteiger partial charge is 0.309 e. The largest absolute Gasteiger partial charge is 1.00 e. The van der Waals surface area contributed by atoms with E-state index in [2.05, 4.69) is 11.5 Å². The van der Waals surface area contributed by atoms with Crippen LogP contribution < -0.4 is 28.8 Å². The van der Waals surface area contributed by atoms with Crippen LogP contribution in [0.2, 0.25) is 0 Å². The molecule has 5 nitrogen and oxygen atoms in total. The number of likely N-dealkylation sites (N-methyl/N-ethyl adjacent to an activating group) is 1. The Balaban J connectivity index is -0.000000114. The fourth-order valence-corrected chi connectivity index (χ4v) is 0.224. The van der Waals surface area contributed by atoms with Gasteiger partial charge in [0.1, 0.15) is 6.54 Å². The molecule has 2 amide bonds. The maximum atomic E-state index is 9.00. The molecular formula is C5H16ClN3O2. The Morgan fingerprint density at radius 3 is 1.73 bits per heavy atom. The van der Waals surface area contributed by atoms with Crippen molar-refractivity contribution in [2.45, 2.75) is 0 Å². The van der Waals surface area contributed by atoms with Crippen LogP contribution in [0.4, 0.5) is 4.79 Å². The van der Waals surface area contributed by atoms with Gasteiger partial charge in [0, 0.05) is 0 Å². The second-order valence-electron chi connectivity index (χ2n) is 2.08. The molecule has 0 unspecified atom stereocenters. The van der Waals surface area contributed by atoms with Crippen molar-refractivity contribution >= 4 is 6.03 Å². The lowest BCUT2D eigenvalue weighted by molar-refractivity contribution is -0.858. The standard InChI is InChI=1S/C4H11NO.CH4N2O.ClH/c1-5(2)3-4-6;2-1(3)4;/h6H,3-4H2,1-2H3;(H4,2,3,4);1H. The summed E-state index contributed by atoms with van der Waals surface area (Å²) in [6.45, 7) is 1.14. The van der Waals surface area contributed by atoms with Crippen LogP contribution in [0.15, 0.2) is 0 Å². The number of hydrogen-bond donors (Lipinski definition) is 4. The van der Waals surface area contributed by atoms with Crippen molar-refractivity contribution in [3.63, 3.8) is 0 Å². The van der Waals surface area contributed by atoms with E-state index in [4.69, 9.17) is 9.90 Å². The average Bonchev–Trinajstić information content (AvgIpc) is 1.62. The first-order chi connectivity index (χ1) is 4.50. The summed E-state index contributed by atoms with van der Waals surface area (Å²) in [6, 6.07) is -0.833. The third kappa shape index (κ3) is 86.2. The Labute approximate surface area is 72.8 Å². The van der Waals surface area contributed by atoms with E-state index >= 15 is 0 Å². The van der Waals surface area contributed by atoms with E-state index < -0.39 is 6.03 Å². The fraction of sp³-hybridized carbons (Fsp3) is 0.800. The van der Waals surface area contributed by atoms with Gasteiger partial charge in [0.25, 0.3) is 0 Å². The highest BCUT2D eigenvalue weighted by atomic mass is 35.5. The molecule has 70 valence electrons. The van der Waals surface area contributed by atoms with Crippen molar-refractivity contribution in [3.05, 3.63) is 0 Å². The zero-order valence-corrected chi connectivity index (χ0v) is 7.56. The lowest BCUT2D eigenvalue weighted by Crippen LogP contribution is -3.06. The van der Waals surface area contributed by atoms with Gasteiger partial charge in [-0.25, -0.2) is 4.79 Å². The zero-order chi connectivity index (χ0) is 8.57. The highest BCUT2D eigenvalue weighted by Crippen LogP contribution is 1.35. The number of aliphatic hydroxyl groups excluding tert-OH is 1. The predicted octanol–water partition coefficient (Wildman–Crippen LogP) is -5.85. The summed E-state index contributed by atoms with van der Waals surface area (Å²) in [5.74, 6) is 0. The number of halogens is 1. The van der Waals surface area contributed by atoms with Gasteiger partial charge in [-0.2, -0.15) is 0 Å². The Bertz CT molecular complexity index is 85.8. The van der Waals surface area contributed by atoms with E-state index in [-0.39, 0.29) is 12.4 Å². The van der Waals surface area contributed by atoms with Gasteiger partial charge in [-0.15, -0.1) is 0 Å². The molecule has 0 aliphatic carbocycles. The number of nitrogens with two attached hydrogens (primary N) is 2. The molecule has 11 heavy (non-hydrogen) atoms. The van der Waals surface area contributed by atoms with Crippen molar-refractivity contribution in [3.8, 4) is 0 Å². The maximum absolute atomic E-state index is 9.00. The molecule has 0 heterocycles. The van der Waals surface area contributed by atoms with Crippen LogP contribution in [-0.2, 0) is 0 Å². The number of amides is 2. The zero-order valence-electron chi connectivity index (χ0n) is 6.80. The van der Waals surface area contributed by atoms with Crippen LogP contribution in [0.25, 0.3) is 0 Å². The summed E-state index contributed by atoms with van der Waals surface area (Å²) in [7, 11) is 4.02. The van der Waals surface area contributed by atoms with E-state index in [0.29, 0.717) is 6.61 Å². The molecule has 0 aliphatic heterocycles. The quantitative estimate of drug-likeness (QED) is 0.345. The number of urea groups is 1. The van der Waals surface area contributed by atoms with Gasteiger partial charge in [-0.05, 0) is 0 Å². The number of nitrogens with one attached hydrogen (secondary N) is 1. The number of aliphatic hydroxyl groups is 1. The second-order valence-corrected chi connectivity index (χ2v) is 2.08. The lowest BCUT2D eigenvalue weighted by atomic mass is 10.6. The maximum Gasteiger partial charge on any atom is 0.309 e. The highest BCUT2D eigenvalue weighted by Gasteiger charge is 1.84. The lowest BCUT2D eigenvalue weighted by Gasteiger charge is -2.00. The molecule has 0 aliphatic rings. The fourth-order valence-electron chi connectivity index (χ4n) is 0.224. The summed E-state index contributed by atoms with van der Waals surface area (Å²) in [5.41, 5.74) is 8.50. The Kier molecular flexibility index (Phi) is 18.6. The monoisotopic (exact) mass is 185 g/mol. The van der Waals surface area contributed by atoms with E-state index in [1.165, 1.54) is 4.90 Å². The third-order valence-corrected chi connectivity index (χ3v) is 0.612. The van der Waals surface area contributed by atoms with Crippen LogP contribution in [0, 0.1) is 0 Å². The van der Waals surface area contributed by atoms with Gasteiger partial charge in [0.15, 0.2) is 0 Å². The molecular weight excluding hydrogens is 170 g/mol. The van der Waals surface area contributed by atoms with E-state index in [0.717, 1.165) is 6.54 Å². The molecule has 0 aromatic heterocycles. The molecule has 0 aromatic rings. The normalized spacial score (nSPS) is 7.64. The summed E-state index contributed by atoms with van der Waals surface area (Å²) in [5, 5.41) is 8.22. The molecule has 0 saturated heterocycles. The van der Waals surface area contributed by atoms with Crippen molar-refractivity contribution < 1.29 is 27.2 Å². The molecule has 6 N–H and O–H groups in total. The van der Waals surface area contributed by atoms with E-state index in [1.807, 2.05) is 14.1 Å². The minimum atomic E-state index is -0.833. The molecule has 0 bridgehead atoms. The number of primary amides is 2. The van der Waals surface area contributed by atoms with Gasteiger partial charge in [-0.1, -0.05) is 0 Å². The SMILES string of the molecule is C[NH+](C)CCO.NC(N)=O.[Cl-]. The predicted molar refractivity (Wildman–Crippen MR) is 38.5 cm³/mol. The van der Waals surface area contributed by atoms with Crippen LogP contribution >= 0.6 is 0 Å². The van der Waals surface area contributed by atoms with Gasteiger partial charge in [0.2, 0.25) is 0 Å². The Morgan fingerprint density at radius 1 is 1.45 bits per heavy atom. The van der Waals surface area contributed by atoms with Crippen molar-refractivity contribution in [1.82, 2.24) is 0 Å². The molecule has 6 heteroatoms. The summed E-state index contributed by atoms with van der Waals surface area (Å²) in [6.07, 6.45) is 0. The molecule has 0 spiro atoms. The number of rotatable bonds is 2. The third-order valence-electron chi connectivity index (χ3n) is 0.612. The summed E-state index contributed by atoms with van der Waals surface area (Å²) < 4.78 is 0. The Morgan fingerprint density at radius 2 is 1.73 bits per heavy atom. The number of quaternary nitrogens is 1. The van der Waals surface area contributed by atoms with E-state index in [1.54, 1.807) is 0 Å². The van der Waals surface area contributed by atoms with Crippen LogP contribution in [0.1, 0.15) is 0 Å². The number of carbonyl (C=O) groups is 1. The minimum absolute atomic E-state index is 0. The van der Waals surface area contributed by atoms with Gasteiger partial charge in [0.05, 0.1) is 20.7 Å². The summed E-state index contributed by atoms with van der Waals surface area (Å²) >= 11 is 0. The first-order valence-electron chi connectivity index (χ1n) is 2.95. The van der Waals surface area contributed by atoms with Crippen molar-refractivity contribution in [1.29, 1.82) is 0 Å². The van der Waals surface area contributed by atoms with E-state index in [9.17, 15) is 0 Å².